The van der Waals surface area contributed by atoms with E-state index in [1.807, 2.05) is 24.9 Å². The first kappa shape index (κ1) is 22.0. The fourth-order valence-corrected chi connectivity index (χ4v) is 4.69. The smallest absolute Gasteiger partial charge is 0.188 e. The molecule has 5 nitrogen and oxygen atoms in total. The molecular formula is C24H31N5S. The molecule has 0 fully saturated rings. The van der Waals surface area contributed by atoms with E-state index in [0.29, 0.717) is 5.92 Å². The minimum Gasteiger partial charge on any atom is -0.332 e. The van der Waals surface area contributed by atoms with E-state index in [4.69, 9.17) is 0 Å². The Morgan fingerprint density at radius 3 is 2.40 bits per heavy atom. The highest BCUT2D eigenvalue weighted by atomic mass is 32.1. The molecule has 0 amide bonds. The highest BCUT2D eigenvalue weighted by molar-refractivity contribution is 7.22. The summed E-state index contributed by atoms with van der Waals surface area (Å²) in [5.74, 6) is 0.521. The van der Waals surface area contributed by atoms with Crippen molar-refractivity contribution in [2.45, 2.75) is 53.5 Å². The molecule has 158 valence electrons. The summed E-state index contributed by atoms with van der Waals surface area (Å²) in [6, 6.07) is 15.2. The fraction of sp³-hybridized carbons (Fsp3) is 0.375. The highest BCUT2D eigenvalue weighted by Crippen LogP contribution is 2.33. The van der Waals surface area contributed by atoms with Gasteiger partial charge in [0.2, 0.25) is 0 Å². The normalized spacial score (nSPS) is 11.9. The third-order valence-corrected chi connectivity index (χ3v) is 6.20. The van der Waals surface area contributed by atoms with Gasteiger partial charge >= 0.3 is 0 Å². The summed E-state index contributed by atoms with van der Waals surface area (Å²) in [7, 11) is 0. The van der Waals surface area contributed by atoms with Crippen LogP contribution in [0.4, 0.5) is 10.8 Å². The third kappa shape index (κ3) is 4.87. The molecule has 0 radical (unpaired) electrons. The lowest BCUT2D eigenvalue weighted by molar-refractivity contribution is 0.332. The number of anilines is 2. The quantitative estimate of drug-likeness (QED) is 0.349. The van der Waals surface area contributed by atoms with Gasteiger partial charge in [0, 0.05) is 5.69 Å². The second-order valence-corrected chi connectivity index (χ2v) is 8.16. The number of rotatable bonds is 7. The van der Waals surface area contributed by atoms with E-state index in [1.165, 1.54) is 15.8 Å². The summed E-state index contributed by atoms with van der Waals surface area (Å²) in [4.78, 5) is 8.84. The predicted octanol–water partition coefficient (Wildman–Crippen LogP) is 6.99. The van der Waals surface area contributed by atoms with Crippen molar-refractivity contribution in [3.63, 3.8) is 0 Å². The van der Waals surface area contributed by atoms with Crippen LogP contribution < -0.4 is 5.32 Å². The van der Waals surface area contributed by atoms with Crippen LogP contribution in [-0.4, -0.2) is 19.7 Å². The average molecular weight is 422 g/mol. The summed E-state index contributed by atoms with van der Waals surface area (Å²) in [5.41, 5.74) is 4.59. The minimum absolute atomic E-state index is 0.206. The van der Waals surface area contributed by atoms with Gasteiger partial charge in [-0.3, -0.25) is 0 Å². The third-order valence-electron chi connectivity index (χ3n) is 5.26. The average Bonchev–Trinajstić information content (AvgIpc) is 3.43. The lowest BCUT2D eigenvalue weighted by atomic mass is 9.89. The number of nitrogens with zero attached hydrogens (tertiary/aromatic N) is 4. The number of nitrogens with one attached hydrogen (secondary N) is 1. The summed E-state index contributed by atoms with van der Waals surface area (Å²) in [5, 5.41) is 8.77. The Bertz CT molecular complexity index is 1030. The number of fused-ring (bicyclic) bond motifs is 1. The maximum atomic E-state index is 4.69. The van der Waals surface area contributed by atoms with Crippen LogP contribution in [0.5, 0.6) is 0 Å². The lowest BCUT2D eigenvalue weighted by Gasteiger charge is -2.26. The van der Waals surface area contributed by atoms with E-state index in [9.17, 15) is 0 Å². The van der Waals surface area contributed by atoms with Gasteiger partial charge in [-0.05, 0) is 48.2 Å². The van der Waals surface area contributed by atoms with Crippen LogP contribution in [0.1, 0.15) is 57.7 Å². The Morgan fingerprint density at radius 1 is 1.03 bits per heavy atom. The maximum Gasteiger partial charge on any atom is 0.188 e. The lowest BCUT2D eigenvalue weighted by Crippen LogP contribution is -2.20. The van der Waals surface area contributed by atoms with Crippen molar-refractivity contribution >= 4 is 32.4 Å². The van der Waals surface area contributed by atoms with Gasteiger partial charge in [0.1, 0.15) is 12.7 Å². The zero-order valence-electron chi connectivity index (χ0n) is 18.5. The van der Waals surface area contributed by atoms with E-state index >= 15 is 0 Å². The van der Waals surface area contributed by atoms with Crippen LogP contribution in [0.3, 0.4) is 0 Å². The molecule has 0 aliphatic carbocycles. The van der Waals surface area contributed by atoms with Crippen LogP contribution in [0, 0.1) is 12.8 Å². The Morgan fingerprint density at radius 2 is 1.77 bits per heavy atom. The first-order valence-corrected chi connectivity index (χ1v) is 11.6. The number of hydrogen-bond donors (Lipinski definition) is 1. The number of aryl methyl sites for hydroxylation is 1. The fourth-order valence-electron chi connectivity index (χ4n) is 3.71. The molecule has 1 N–H and O–H groups in total. The van der Waals surface area contributed by atoms with E-state index < -0.39 is 0 Å². The second-order valence-electron chi connectivity index (χ2n) is 7.13. The largest absolute Gasteiger partial charge is 0.332 e. The zero-order valence-corrected chi connectivity index (χ0v) is 19.3. The van der Waals surface area contributed by atoms with Crippen molar-refractivity contribution in [2.24, 2.45) is 5.92 Å². The first-order valence-electron chi connectivity index (χ1n) is 10.8. The number of hydrogen-bond acceptors (Lipinski definition) is 5. The molecule has 6 heteroatoms. The SMILES string of the molecule is CC.CCC(CC)C(c1ccc(Nc2nc3ccc(C)cc3s2)cc1)n1cncn1. The van der Waals surface area contributed by atoms with Crippen LogP contribution >= 0.6 is 11.3 Å². The molecule has 0 spiro atoms. The molecule has 0 aliphatic rings. The molecule has 1 atom stereocenters. The topological polar surface area (TPSA) is 55.6 Å². The van der Waals surface area contributed by atoms with Crippen molar-refractivity contribution in [2.75, 3.05) is 5.32 Å². The van der Waals surface area contributed by atoms with Gasteiger partial charge in [0.15, 0.2) is 5.13 Å². The molecule has 30 heavy (non-hydrogen) atoms. The molecule has 2 aromatic carbocycles. The Balaban J connectivity index is 0.00000124. The van der Waals surface area contributed by atoms with Crippen LogP contribution in [-0.2, 0) is 0 Å². The zero-order chi connectivity index (χ0) is 21.5. The van der Waals surface area contributed by atoms with E-state index in [0.717, 1.165) is 29.2 Å². The summed E-state index contributed by atoms with van der Waals surface area (Å²) >= 11 is 1.68. The molecule has 1 unspecified atom stereocenters. The number of thiazole rings is 1. The molecule has 4 aromatic rings. The molecule has 0 saturated carbocycles. The van der Waals surface area contributed by atoms with Gasteiger partial charge in [-0.1, -0.05) is 70.1 Å². The van der Waals surface area contributed by atoms with Gasteiger partial charge in [0.05, 0.1) is 16.3 Å². The van der Waals surface area contributed by atoms with Gasteiger partial charge < -0.3 is 5.32 Å². The van der Waals surface area contributed by atoms with Crippen molar-refractivity contribution in [3.05, 3.63) is 66.2 Å². The number of aromatic nitrogens is 4. The van der Waals surface area contributed by atoms with E-state index in [2.05, 4.69) is 83.6 Å². The van der Waals surface area contributed by atoms with Crippen molar-refractivity contribution in [3.8, 4) is 0 Å². The molecular weight excluding hydrogens is 390 g/mol. The molecule has 0 aliphatic heterocycles. The Labute approximate surface area is 183 Å². The van der Waals surface area contributed by atoms with Crippen LogP contribution in [0.15, 0.2) is 55.1 Å². The highest BCUT2D eigenvalue weighted by Gasteiger charge is 2.23. The molecule has 2 aromatic heterocycles. The summed E-state index contributed by atoms with van der Waals surface area (Å²) < 4.78 is 3.19. The van der Waals surface area contributed by atoms with E-state index in [-0.39, 0.29) is 6.04 Å². The minimum atomic E-state index is 0.206. The van der Waals surface area contributed by atoms with Crippen LogP contribution in [0.2, 0.25) is 0 Å². The van der Waals surface area contributed by atoms with Crippen molar-refractivity contribution in [1.29, 1.82) is 0 Å². The molecule has 4 rings (SSSR count). The van der Waals surface area contributed by atoms with E-state index in [1.54, 1.807) is 17.7 Å². The predicted molar refractivity (Wildman–Crippen MR) is 128 cm³/mol. The molecule has 0 saturated heterocycles. The van der Waals surface area contributed by atoms with Gasteiger partial charge in [-0.25, -0.2) is 14.6 Å². The first-order chi connectivity index (χ1) is 14.7. The summed E-state index contributed by atoms with van der Waals surface area (Å²) in [6.45, 7) is 10.6. The van der Waals surface area contributed by atoms with Gasteiger partial charge in [-0.15, -0.1) is 0 Å². The van der Waals surface area contributed by atoms with Gasteiger partial charge in [-0.2, -0.15) is 5.10 Å². The molecule has 0 bridgehead atoms. The van der Waals surface area contributed by atoms with Crippen molar-refractivity contribution in [1.82, 2.24) is 19.7 Å². The van der Waals surface area contributed by atoms with Crippen molar-refractivity contribution < 1.29 is 0 Å². The Hall–Kier alpha value is -2.73. The second kappa shape index (κ2) is 10.3. The van der Waals surface area contributed by atoms with Crippen LogP contribution in [0.25, 0.3) is 10.2 Å². The van der Waals surface area contributed by atoms with Gasteiger partial charge in [0.25, 0.3) is 0 Å². The Kier molecular flexibility index (Phi) is 7.57. The monoisotopic (exact) mass is 421 g/mol. The standard InChI is InChI=1S/C22H25N5S.C2H6/c1-4-16(5-2)21(27-14-23-13-24-27)17-7-9-18(10-8-17)25-22-26-19-11-6-15(3)12-20(19)28-22;1-2/h6-14,16,21H,4-5H2,1-3H3,(H,25,26);1-2H3. The summed E-state index contributed by atoms with van der Waals surface area (Å²) in [6.07, 6.45) is 5.64. The maximum absolute atomic E-state index is 4.69. The molecule has 2 heterocycles. The number of benzene rings is 2.